The first kappa shape index (κ1) is 12.4. The van der Waals surface area contributed by atoms with Gasteiger partial charge < -0.3 is 0 Å². The van der Waals surface area contributed by atoms with Crippen molar-refractivity contribution in [2.45, 2.75) is 18.6 Å². The lowest BCUT2D eigenvalue weighted by atomic mass is 10.1. The highest BCUT2D eigenvalue weighted by atomic mass is 31.2. The SMILES string of the molecule is C=CCOP1(=O)O[C@H](C=C)C[C@@H](C=C)O1. The molecule has 2 atom stereocenters. The van der Waals surface area contributed by atoms with Crippen molar-refractivity contribution < 1.29 is 18.1 Å². The lowest BCUT2D eigenvalue weighted by Gasteiger charge is -2.31. The molecule has 1 aliphatic rings. The van der Waals surface area contributed by atoms with E-state index in [0.29, 0.717) is 6.42 Å². The molecule has 0 unspecified atom stereocenters. The summed E-state index contributed by atoms with van der Waals surface area (Å²) in [5.74, 6) is 0. The Kier molecular flexibility index (Phi) is 4.48. The lowest BCUT2D eigenvalue weighted by Crippen LogP contribution is -2.26. The van der Waals surface area contributed by atoms with Crippen molar-refractivity contribution in [1.82, 2.24) is 0 Å². The molecule has 0 amide bonds. The van der Waals surface area contributed by atoms with Crippen molar-refractivity contribution in [3.05, 3.63) is 38.0 Å². The fourth-order valence-electron chi connectivity index (χ4n) is 1.15. The summed E-state index contributed by atoms with van der Waals surface area (Å²) in [4.78, 5) is 0. The minimum Gasteiger partial charge on any atom is -0.283 e. The number of phosphoric acid groups is 1. The third-order valence-electron chi connectivity index (χ3n) is 1.87. The first-order valence-electron chi connectivity index (χ1n) is 4.61. The van der Waals surface area contributed by atoms with Crippen LogP contribution in [0.5, 0.6) is 0 Å². The average molecular weight is 230 g/mol. The van der Waals surface area contributed by atoms with E-state index in [2.05, 4.69) is 19.7 Å². The van der Waals surface area contributed by atoms with Gasteiger partial charge in [-0.1, -0.05) is 18.2 Å². The molecule has 0 N–H and O–H groups in total. The minimum absolute atomic E-state index is 0.116. The highest BCUT2D eigenvalue weighted by Crippen LogP contribution is 2.55. The largest absolute Gasteiger partial charge is 0.476 e. The van der Waals surface area contributed by atoms with Crippen LogP contribution in [0.3, 0.4) is 0 Å². The molecule has 0 radical (unpaired) electrons. The molecule has 0 spiro atoms. The summed E-state index contributed by atoms with van der Waals surface area (Å²) in [6.07, 6.45) is 4.50. The van der Waals surface area contributed by atoms with E-state index in [1.54, 1.807) is 12.2 Å². The van der Waals surface area contributed by atoms with E-state index in [-0.39, 0.29) is 18.8 Å². The van der Waals surface area contributed by atoms with Gasteiger partial charge in [0.25, 0.3) is 0 Å². The van der Waals surface area contributed by atoms with Gasteiger partial charge in [0.2, 0.25) is 0 Å². The molecule has 5 heteroatoms. The van der Waals surface area contributed by atoms with Crippen LogP contribution >= 0.6 is 7.82 Å². The molecule has 0 aromatic heterocycles. The molecule has 1 saturated heterocycles. The molecule has 0 bridgehead atoms. The Balaban J connectivity index is 2.70. The zero-order chi connectivity index (χ0) is 11.3. The molecule has 15 heavy (non-hydrogen) atoms. The van der Waals surface area contributed by atoms with Crippen LogP contribution in [0.25, 0.3) is 0 Å². The van der Waals surface area contributed by atoms with E-state index in [1.165, 1.54) is 6.08 Å². The van der Waals surface area contributed by atoms with Crippen molar-refractivity contribution >= 4 is 7.82 Å². The first-order chi connectivity index (χ1) is 7.13. The van der Waals surface area contributed by atoms with Crippen LogP contribution in [0.2, 0.25) is 0 Å². The molecular weight excluding hydrogens is 215 g/mol. The van der Waals surface area contributed by atoms with Crippen LogP contribution in [0.4, 0.5) is 0 Å². The second-order valence-corrected chi connectivity index (χ2v) is 4.60. The zero-order valence-corrected chi connectivity index (χ0v) is 9.40. The third kappa shape index (κ3) is 3.43. The molecule has 0 aliphatic carbocycles. The Hall–Kier alpha value is -0.670. The quantitative estimate of drug-likeness (QED) is 0.538. The van der Waals surface area contributed by atoms with E-state index < -0.39 is 7.82 Å². The van der Waals surface area contributed by atoms with Gasteiger partial charge in [0.1, 0.15) is 0 Å². The minimum atomic E-state index is -3.49. The van der Waals surface area contributed by atoms with Gasteiger partial charge in [-0.2, -0.15) is 0 Å². The van der Waals surface area contributed by atoms with Gasteiger partial charge >= 0.3 is 7.82 Å². The Bertz CT molecular complexity index is 280. The Labute approximate surface area is 89.8 Å². The van der Waals surface area contributed by atoms with Crippen molar-refractivity contribution in [2.75, 3.05) is 6.61 Å². The average Bonchev–Trinajstić information content (AvgIpc) is 2.25. The summed E-state index contributed by atoms with van der Waals surface area (Å²) in [7, 11) is -3.49. The predicted molar refractivity (Wildman–Crippen MR) is 58.5 cm³/mol. The summed E-state index contributed by atoms with van der Waals surface area (Å²) in [6, 6.07) is 0. The summed E-state index contributed by atoms with van der Waals surface area (Å²) in [5.41, 5.74) is 0. The van der Waals surface area contributed by atoms with Gasteiger partial charge in [-0.05, 0) is 0 Å². The van der Waals surface area contributed by atoms with Crippen LogP contribution in [0.15, 0.2) is 38.0 Å². The maximum atomic E-state index is 11.9. The summed E-state index contributed by atoms with van der Waals surface area (Å²) in [5, 5.41) is 0. The topological polar surface area (TPSA) is 44.8 Å². The highest BCUT2D eigenvalue weighted by Gasteiger charge is 2.38. The first-order valence-corrected chi connectivity index (χ1v) is 6.07. The van der Waals surface area contributed by atoms with Gasteiger partial charge in [-0.25, -0.2) is 4.57 Å². The molecule has 0 aromatic rings. The molecule has 0 aromatic carbocycles. The van der Waals surface area contributed by atoms with E-state index in [1.807, 2.05) is 0 Å². The summed E-state index contributed by atoms with van der Waals surface area (Å²) >= 11 is 0. The summed E-state index contributed by atoms with van der Waals surface area (Å²) in [6.45, 7) is 10.7. The normalized spacial score (nSPS) is 35.7. The molecule has 1 heterocycles. The van der Waals surface area contributed by atoms with Crippen LogP contribution < -0.4 is 0 Å². The molecule has 84 valence electrons. The van der Waals surface area contributed by atoms with Gasteiger partial charge in [0.05, 0.1) is 18.8 Å². The molecular formula is C10H15O4P. The van der Waals surface area contributed by atoms with Crippen LogP contribution in [-0.4, -0.2) is 18.8 Å². The molecule has 1 fully saturated rings. The molecule has 4 nitrogen and oxygen atoms in total. The molecule has 1 aliphatic heterocycles. The summed E-state index contributed by atoms with van der Waals surface area (Å²) < 4.78 is 27.2. The highest BCUT2D eigenvalue weighted by molar-refractivity contribution is 7.48. The van der Waals surface area contributed by atoms with Crippen molar-refractivity contribution in [2.24, 2.45) is 0 Å². The zero-order valence-electron chi connectivity index (χ0n) is 8.50. The lowest BCUT2D eigenvalue weighted by molar-refractivity contribution is 0.0268. The van der Waals surface area contributed by atoms with E-state index in [9.17, 15) is 4.57 Å². The van der Waals surface area contributed by atoms with Crippen molar-refractivity contribution in [1.29, 1.82) is 0 Å². The second-order valence-electron chi connectivity index (χ2n) is 3.03. The van der Waals surface area contributed by atoms with Crippen LogP contribution in [0.1, 0.15) is 6.42 Å². The Morgan fingerprint density at radius 2 is 1.80 bits per heavy atom. The fourth-order valence-corrected chi connectivity index (χ4v) is 2.62. The second kappa shape index (κ2) is 5.42. The third-order valence-corrected chi connectivity index (χ3v) is 3.39. The fraction of sp³-hybridized carbons (Fsp3) is 0.400. The number of hydrogen-bond donors (Lipinski definition) is 0. The van der Waals surface area contributed by atoms with Crippen LogP contribution in [0, 0.1) is 0 Å². The van der Waals surface area contributed by atoms with Gasteiger partial charge in [-0.15, -0.1) is 19.7 Å². The van der Waals surface area contributed by atoms with Crippen molar-refractivity contribution in [3.63, 3.8) is 0 Å². The number of hydrogen-bond acceptors (Lipinski definition) is 4. The standard InChI is InChI=1S/C10H15O4P/c1-4-7-12-15(11)13-9(5-2)8-10(6-3)14-15/h4-6,9-10H,1-3,7-8H2/t9-,10-/m1/s1. The van der Waals surface area contributed by atoms with Gasteiger partial charge in [0, 0.05) is 6.42 Å². The van der Waals surface area contributed by atoms with Gasteiger partial charge in [0.15, 0.2) is 0 Å². The van der Waals surface area contributed by atoms with E-state index >= 15 is 0 Å². The number of rotatable bonds is 5. The van der Waals surface area contributed by atoms with Crippen LogP contribution in [-0.2, 0) is 18.1 Å². The molecule has 1 rings (SSSR count). The maximum Gasteiger partial charge on any atom is 0.476 e. The Morgan fingerprint density at radius 1 is 1.27 bits per heavy atom. The van der Waals surface area contributed by atoms with E-state index in [4.69, 9.17) is 13.6 Å². The monoisotopic (exact) mass is 230 g/mol. The molecule has 0 saturated carbocycles. The number of phosphoric ester groups is 1. The Morgan fingerprint density at radius 3 is 2.20 bits per heavy atom. The van der Waals surface area contributed by atoms with Gasteiger partial charge in [-0.3, -0.25) is 13.6 Å². The van der Waals surface area contributed by atoms with Crippen molar-refractivity contribution in [3.8, 4) is 0 Å². The maximum absolute atomic E-state index is 11.9. The predicted octanol–water partition coefficient (Wildman–Crippen LogP) is 2.84. The smallest absolute Gasteiger partial charge is 0.283 e. The van der Waals surface area contributed by atoms with E-state index in [0.717, 1.165) is 0 Å².